The van der Waals surface area contributed by atoms with Crippen LogP contribution in [-0.4, -0.2) is 96.7 Å². The van der Waals surface area contributed by atoms with Crippen molar-refractivity contribution in [3.05, 3.63) is 0 Å². The third-order valence-electron chi connectivity index (χ3n) is 15.6. The second-order valence-electron chi connectivity index (χ2n) is 24.2. The lowest BCUT2D eigenvalue weighted by molar-refractivity contribution is -0.161. The molecule has 510 valence electrons. The molecule has 17 nitrogen and oxygen atoms in total. The molecule has 0 fully saturated rings. The van der Waals surface area contributed by atoms with E-state index in [4.69, 9.17) is 37.0 Å². The number of aliphatic hydroxyl groups is 1. The standard InChI is InChI=1S/C67H130O17P2/c1-5-9-13-17-20-23-26-28-29-30-31-33-36-39-42-46-50-54-67(72)84-63(58-78-65(70)52-48-44-40-37-35-32-27-24-21-18-14-10-6-2)60-82-86(75,76)80-56-61(68)55-79-85(73,74)81-59-62(57-77-64(69)51-47-43-16-12-8-4)83-66(71)53-49-45-41-38-34-25-22-19-15-11-7-3/h61-63,68H,5-60H2,1-4H3,(H,73,74)(H,75,76)/t61-,62+,63+/m0/s1. The molecule has 0 heterocycles. The van der Waals surface area contributed by atoms with E-state index >= 15 is 0 Å². The molecule has 0 saturated heterocycles. The Kier molecular flexibility index (Phi) is 60.5. The predicted octanol–water partition coefficient (Wildman–Crippen LogP) is 19.1. The molecule has 86 heavy (non-hydrogen) atoms. The van der Waals surface area contributed by atoms with Crippen molar-refractivity contribution in [1.82, 2.24) is 0 Å². The van der Waals surface area contributed by atoms with Gasteiger partial charge in [0.2, 0.25) is 0 Å². The van der Waals surface area contributed by atoms with Gasteiger partial charge in [-0.05, 0) is 25.7 Å². The number of aliphatic hydroxyl groups excluding tert-OH is 1. The zero-order valence-electron chi connectivity index (χ0n) is 55.3. The highest BCUT2D eigenvalue weighted by Gasteiger charge is 2.30. The third kappa shape index (κ3) is 60.9. The Balaban J connectivity index is 5.15. The van der Waals surface area contributed by atoms with Gasteiger partial charge in [0.15, 0.2) is 12.2 Å². The molecule has 0 aromatic rings. The summed E-state index contributed by atoms with van der Waals surface area (Å²) in [6.07, 6.45) is 48.9. The van der Waals surface area contributed by atoms with Gasteiger partial charge < -0.3 is 33.8 Å². The Morgan fingerprint density at radius 3 is 0.686 bits per heavy atom. The fraction of sp³-hybridized carbons (Fsp3) is 0.940. The highest BCUT2D eigenvalue weighted by atomic mass is 31.2. The van der Waals surface area contributed by atoms with Gasteiger partial charge in [-0.25, -0.2) is 9.13 Å². The highest BCUT2D eigenvalue weighted by Crippen LogP contribution is 2.45. The first-order chi connectivity index (χ1) is 41.7. The fourth-order valence-electron chi connectivity index (χ4n) is 10.2. The molecule has 3 N–H and O–H groups in total. The van der Waals surface area contributed by atoms with Gasteiger partial charge in [0, 0.05) is 25.7 Å². The molecule has 0 rings (SSSR count). The number of ether oxygens (including phenoxy) is 4. The van der Waals surface area contributed by atoms with Crippen LogP contribution < -0.4 is 0 Å². The molecule has 5 atom stereocenters. The minimum atomic E-state index is -4.95. The number of esters is 4. The quantitative estimate of drug-likeness (QED) is 0.0222. The van der Waals surface area contributed by atoms with Crippen molar-refractivity contribution in [3.63, 3.8) is 0 Å². The number of phosphoric acid groups is 2. The van der Waals surface area contributed by atoms with E-state index in [1.165, 1.54) is 173 Å². The summed E-state index contributed by atoms with van der Waals surface area (Å²) in [7, 11) is -9.88. The Labute approximate surface area is 524 Å². The van der Waals surface area contributed by atoms with Gasteiger partial charge in [0.25, 0.3) is 0 Å². The van der Waals surface area contributed by atoms with Crippen LogP contribution in [0.4, 0.5) is 0 Å². The lowest BCUT2D eigenvalue weighted by atomic mass is 10.0. The van der Waals surface area contributed by atoms with Crippen molar-refractivity contribution in [2.45, 2.75) is 367 Å². The third-order valence-corrected chi connectivity index (χ3v) is 17.5. The maximum absolute atomic E-state index is 13.0. The largest absolute Gasteiger partial charge is 0.472 e. The van der Waals surface area contributed by atoms with Gasteiger partial charge in [-0.15, -0.1) is 0 Å². The van der Waals surface area contributed by atoms with Crippen molar-refractivity contribution in [3.8, 4) is 0 Å². The maximum Gasteiger partial charge on any atom is 0.472 e. The lowest BCUT2D eigenvalue weighted by Gasteiger charge is -2.21. The molecule has 0 radical (unpaired) electrons. The molecule has 0 aromatic carbocycles. The summed E-state index contributed by atoms with van der Waals surface area (Å²) in [5.74, 6) is -2.14. The molecule has 2 unspecified atom stereocenters. The lowest BCUT2D eigenvalue weighted by Crippen LogP contribution is -2.30. The zero-order chi connectivity index (χ0) is 63.3. The van der Waals surface area contributed by atoms with Crippen molar-refractivity contribution < 1.29 is 80.2 Å². The van der Waals surface area contributed by atoms with Crippen LogP contribution in [0, 0.1) is 0 Å². The summed E-state index contributed by atoms with van der Waals surface area (Å²) < 4.78 is 67.9. The molecule has 0 amide bonds. The van der Waals surface area contributed by atoms with E-state index in [0.717, 1.165) is 96.3 Å². The van der Waals surface area contributed by atoms with Gasteiger partial charge in [-0.3, -0.25) is 37.3 Å². The highest BCUT2D eigenvalue weighted by molar-refractivity contribution is 7.47. The number of carbonyl (C=O) groups is 4. The van der Waals surface area contributed by atoms with Crippen LogP contribution in [0.5, 0.6) is 0 Å². The summed E-state index contributed by atoms with van der Waals surface area (Å²) in [4.78, 5) is 72.1. The van der Waals surface area contributed by atoms with E-state index in [9.17, 15) is 43.2 Å². The number of hydrogen-bond acceptors (Lipinski definition) is 15. The average molecular weight is 1270 g/mol. The number of unbranched alkanes of at least 4 members (excludes halogenated alkanes) is 42. The molecular weight excluding hydrogens is 1140 g/mol. The van der Waals surface area contributed by atoms with E-state index in [0.29, 0.717) is 25.7 Å². The molecule has 0 aromatic heterocycles. The SMILES string of the molecule is CCCCCCCCCCCCCCCCCCCC(=O)O[C@H](COC(=O)CCCCCCCCCCCCCCC)COP(=O)(O)OC[C@@H](O)COP(=O)(O)OC[C@@H](COC(=O)CCCCCCC)OC(=O)CCCCCCCCCCCCC. The summed E-state index contributed by atoms with van der Waals surface area (Å²) in [6, 6.07) is 0. The summed E-state index contributed by atoms with van der Waals surface area (Å²) in [6.45, 7) is 4.84. The Morgan fingerprint density at radius 2 is 0.465 bits per heavy atom. The maximum atomic E-state index is 13.0. The first-order valence-corrected chi connectivity index (χ1v) is 38.3. The van der Waals surface area contributed by atoms with E-state index in [2.05, 4.69) is 27.7 Å². The first-order valence-electron chi connectivity index (χ1n) is 35.3. The van der Waals surface area contributed by atoms with Gasteiger partial charge in [0.05, 0.1) is 26.4 Å². The second-order valence-corrected chi connectivity index (χ2v) is 27.1. The summed E-state index contributed by atoms with van der Waals surface area (Å²) in [5, 5.41) is 10.5. The van der Waals surface area contributed by atoms with Gasteiger partial charge in [-0.1, -0.05) is 297 Å². The van der Waals surface area contributed by atoms with Crippen LogP contribution in [-0.2, 0) is 65.4 Å². The minimum absolute atomic E-state index is 0.106. The summed E-state index contributed by atoms with van der Waals surface area (Å²) in [5.41, 5.74) is 0. The van der Waals surface area contributed by atoms with Gasteiger partial charge in [0.1, 0.15) is 19.3 Å². The molecular formula is C67H130O17P2. The number of rotatable bonds is 68. The second kappa shape index (κ2) is 61.9. The molecule has 0 aliphatic carbocycles. The Morgan fingerprint density at radius 1 is 0.279 bits per heavy atom. The van der Waals surface area contributed by atoms with Crippen molar-refractivity contribution in [1.29, 1.82) is 0 Å². The monoisotopic (exact) mass is 1270 g/mol. The predicted molar refractivity (Wildman–Crippen MR) is 345 cm³/mol. The van der Waals surface area contributed by atoms with Gasteiger partial charge >= 0.3 is 39.5 Å². The molecule has 0 bridgehead atoms. The molecule has 0 aliphatic heterocycles. The normalized spacial score (nSPS) is 14.1. The van der Waals surface area contributed by atoms with Crippen LogP contribution >= 0.6 is 15.6 Å². The molecule has 0 saturated carbocycles. The van der Waals surface area contributed by atoms with Crippen molar-refractivity contribution in [2.75, 3.05) is 39.6 Å². The van der Waals surface area contributed by atoms with Crippen molar-refractivity contribution >= 4 is 39.5 Å². The topological polar surface area (TPSA) is 237 Å². The van der Waals surface area contributed by atoms with E-state index in [1.807, 2.05) is 0 Å². The van der Waals surface area contributed by atoms with Crippen LogP contribution in [0.25, 0.3) is 0 Å². The Bertz CT molecular complexity index is 1650. The molecule has 0 spiro atoms. The number of carbonyl (C=O) groups excluding carboxylic acids is 4. The minimum Gasteiger partial charge on any atom is -0.462 e. The molecule has 0 aliphatic rings. The van der Waals surface area contributed by atoms with Crippen LogP contribution in [0.15, 0.2) is 0 Å². The Hall–Kier alpha value is -1.94. The summed E-state index contributed by atoms with van der Waals surface area (Å²) >= 11 is 0. The van der Waals surface area contributed by atoms with E-state index in [-0.39, 0.29) is 25.7 Å². The first kappa shape index (κ1) is 84.1. The van der Waals surface area contributed by atoms with E-state index < -0.39 is 97.5 Å². The van der Waals surface area contributed by atoms with Crippen LogP contribution in [0.1, 0.15) is 349 Å². The van der Waals surface area contributed by atoms with E-state index in [1.54, 1.807) is 0 Å². The smallest absolute Gasteiger partial charge is 0.462 e. The van der Waals surface area contributed by atoms with Crippen LogP contribution in [0.3, 0.4) is 0 Å². The van der Waals surface area contributed by atoms with Crippen LogP contribution in [0.2, 0.25) is 0 Å². The zero-order valence-corrected chi connectivity index (χ0v) is 57.1. The number of phosphoric ester groups is 2. The average Bonchev–Trinajstić information content (AvgIpc) is 3.71. The number of hydrogen-bond donors (Lipinski definition) is 3. The molecule has 19 heteroatoms. The van der Waals surface area contributed by atoms with Crippen molar-refractivity contribution in [2.24, 2.45) is 0 Å². The fourth-order valence-corrected chi connectivity index (χ4v) is 11.7. The van der Waals surface area contributed by atoms with Gasteiger partial charge in [-0.2, -0.15) is 0 Å².